The summed E-state index contributed by atoms with van der Waals surface area (Å²) in [6.45, 7) is 2.25. The number of likely N-dealkylation sites (tertiary alicyclic amines) is 1. The third-order valence-corrected chi connectivity index (χ3v) is 5.18. The van der Waals surface area contributed by atoms with Crippen LogP contribution < -0.4 is 5.32 Å². The molecule has 2 saturated heterocycles. The van der Waals surface area contributed by atoms with E-state index in [4.69, 9.17) is 4.74 Å². The van der Waals surface area contributed by atoms with Gasteiger partial charge < -0.3 is 15.0 Å². The van der Waals surface area contributed by atoms with E-state index in [1.165, 1.54) is 6.07 Å². The van der Waals surface area contributed by atoms with Crippen molar-refractivity contribution in [1.82, 2.24) is 10.2 Å². The zero-order valence-electron chi connectivity index (χ0n) is 13.7. The second-order valence-electron chi connectivity index (χ2n) is 6.77. The van der Waals surface area contributed by atoms with E-state index in [0.29, 0.717) is 5.92 Å². The van der Waals surface area contributed by atoms with Crippen molar-refractivity contribution >= 4 is 6.03 Å². The second-order valence-corrected chi connectivity index (χ2v) is 6.77. The SMILES string of the molecule is CNC(=O)N1CCC2(CC1)CC(Cc1cccc(F)c1)CCO2. The van der Waals surface area contributed by atoms with Crippen LogP contribution in [0, 0.1) is 11.7 Å². The molecule has 3 rings (SSSR count). The summed E-state index contributed by atoms with van der Waals surface area (Å²) in [7, 11) is 1.67. The lowest BCUT2D eigenvalue weighted by atomic mass is 9.77. The van der Waals surface area contributed by atoms with Gasteiger partial charge in [0.2, 0.25) is 0 Å². The summed E-state index contributed by atoms with van der Waals surface area (Å²) >= 11 is 0. The van der Waals surface area contributed by atoms with Crippen molar-refractivity contribution in [3.8, 4) is 0 Å². The number of hydrogen-bond donors (Lipinski definition) is 1. The molecule has 0 radical (unpaired) electrons. The molecule has 0 aliphatic carbocycles. The Morgan fingerprint density at radius 1 is 1.43 bits per heavy atom. The highest BCUT2D eigenvalue weighted by molar-refractivity contribution is 5.73. The molecule has 1 unspecified atom stereocenters. The van der Waals surface area contributed by atoms with Crippen LogP contribution in [0.4, 0.5) is 9.18 Å². The quantitative estimate of drug-likeness (QED) is 0.910. The number of piperidine rings is 1. The van der Waals surface area contributed by atoms with Crippen molar-refractivity contribution in [3.63, 3.8) is 0 Å². The van der Waals surface area contributed by atoms with Gasteiger partial charge in [0.25, 0.3) is 0 Å². The topological polar surface area (TPSA) is 41.6 Å². The molecule has 2 fully saturated rings. The van der Waals surface area contributed by atoms with Gasteiger partial charge in [-0.25, -0.2) is 9.18 Å². The van der Waals surface area contributed by atoms with Crippen LogP contribution >= 0.6 is 0 Å². The lowest BCUT2D eigenvalue weighted by Gasteiger charge is -2.46. The lowest BCUT2D eigenvalue weighted by Crippen LogP contribution is -2.52. The molecule has 126 valence electrons. The Labute approximate surface area is 137 Å². The van der Waals surface area contributed by atoms with Crippen molar-refractivity contribution in [1.29, 1.82) is 0 Å². The highest BCUT2D eigenvalue weighted by Crippen LogP contribution is 2.38. The first-order chi connectivity index (χ1) is 11.1. The molecular formula is C18H25FN2O2. The molecule has 2 heterocycles. The van der Waals surface area contributed by atoms with Crippen LogP contribution in [-0.2, 0) is 11.2 Å². The largest absolute Gasteiger partial charge is 0.375 e. The first kappa shape index (κ1) is 16.2. The zero-order valence-corrected chi connectivity index (χ0v) is 13.7. The molecular weight excluding hydrogens is 295 g/mol. The molecule has 2 aliphatic heterocycles. The van der Waals surface area contributed by atoms with Gasteiger partial charge in [-0.2, -0.15) is 0 Å². The van der Waals surface area contributed by atoms with Gasteiger partial charge in [-0.05, 0) is 55.7 Å². The fourth-order valence-electron chi connectivity index (χ4n) is 3.92. The number of carbonyl (C=O) groups is 1. The van der Waals surface area contributed by atoms with Gasteiger partial charge in [-0.1, -0.05) is 12.1 Å². The number of nitrogens with zero attached hydrogens (tertiary/aromatic N) is 1. The molecule has 2 aliphatic rings. The van der Waals surface area contributed by atoms with Gasteiger partial charge in [0.1, 0.15) is 5.82 Å². The van der Waals surface area contributed by atoms with Crippen molar-refractivity contribution in [2.45, 2.75) is 37.7 Å². The maximum atomic E-state index is 13.4. The minimum absolute atomic E-state index is 0.00743. The first-order valence-corrected chi connectivity index (χ1v) is 8.45. The number of hydrogen-bond acceptors (Lipinski definition) is 2. The molecule has 1 atom stereocenters. The van der Waals surface area contributed by atoms with Gasteiger partial charge in [-0.3, -0.25) is 0 Å². The van der Waals surface area contributed by atoms with Crippen LogP contribution in [0.25, 0.3) is 0 Å². The van der Waals surface area contributed by atoms with Gasteiger partial charge in [0.05, 0.1) is 5.60 Å². The average molecular weight is 320 g/mol. The van der Waals surface area contributed by atoms with Crippen LogP contribution in [0.1, 0.15) is 31.2 Å². The average Bonchev–Trinajstić information content (AvgIpc) is 2.55. The molecule has 0 saturated carbocycles. The second kappa shape index (κ2) is 6.87. The minimum atomic E-state index is -0.164. The number of benzene rings is 1. The summed E-state index contributed by atoms with van der Waals surface area (Å²) in [4.78, 5) is 13.6. The van der Waals surface area contributed by atoms with E-state index in [1.807, 2.05) is 11.0 Å². The third-order valence-electron chi connectivity index (χ3n) is 5.18. The van der Waals surface area contributed by atoms with E-state index in [1.54, 1.807) is 19.2 Å². The Morgan fingerprint density at radius 3 is 2.91 bits per heavy atom. The smallest absolute Gasteiger partial charge is 0.317 e. The van der Waals surface area contributed by atoms with Crippen LogP contribution in [0.2, 0.25) is 0 Å². The molecule has 1 spiro atoms. The predicted molar refractivity (Wildman–Crippen MR) is 86.8 cm³/mol. The molecule has 2 amide bonds. The van der Waals surface area contributed by atoms with E-state index >= 15 is 0 Å². The van der Waals surface area contributed by atoms with Crippen LogP contribution in [0.3, 0.4) is 0 Å². The predicted octanol–water partition coefficient (Wildman–Crippen LogP) is 2.97. The Balaban J connectivity index is 1.59. The number of ether oxygens (including phenoxy) is 1. The van der Waals surface area contributed by atoms with E-state index in [-0.39, 0.29) is 17.4 Å². The van der Waals surface area contributed by atoms with Crippen LogP contribution in [0.5, 0.6) is 0 Å². The molecule has 5 heteroatoms. The molecule has 1 N–H and O–H groups in total. The number of urea groups is 1. The normalized spacial score (nSPS) is 23.7. The van der Waals surface area contributed by atoms with E-state index in [9.17, 15) is 9.18 Å². The Bertz CT molecular complexity index is 556. The Morgan fingerprint density at radius 2 is 2.22 bits per heavy atom. The monoisotopic (exact) mass is 320 g/mol. The van der Waals surface area contributed by atoms with Crippen LogP contribution in [-0.4, -0.2) is 43.3 Å². The number of amides is 2. The van der Waals surface area contributed by atoms with Gasteiger partial charge in [0, 0.05) is 26.7 Å². The molecule has 4 nitrogen and oxygen atoms in total. The summed E-state index contributed by atoms with van der Waals surface area (Å²) in [5.74, 6) is 0.361. The van der Waals surface area contributed by atoms with Gasteiger partial charge in [0.15, 0.2) is 0 Å². The van der Waals surface area contributed by atoms with Crippen molar-refractivity contribution in [3.05, 3.63) is 35.6 Å². The van der Waals surface area contributed by atoms with Crippen molar-refractivity contribution in [2.24, 2.45) is 5.92 Å². The third kappa shape index (κ3) is 3.83. The Hall–Kier alpha value is -1.62. The van der Waals surface area contributed by atoms with E-state index < -0.39 is 0 Å². The summed E-state index contributed by atoms with van der Waals surface area (Å²) in [6.07, 6.45) is 4.71. The summed E-state index contributed by atoms with van der Waals surface area (Å²) in [5.41, 5.74) is 0.968. The highest BCUT2D eigenvalue weighted by Gasteiger charge is 2.40. The zero-order chi connectivity index (χ0) is 16.3. The fourth-order valence-corrected chi connectivity index (χ4v) is 3.92. The maximum absolute atomic E-state index is 13.4. The minimum Gasteiger partial charge on any atom is -0.375 e. The van der Waals surface area contributed by atoms with Crippen LogP contribution in [0.15, 0.2) is 24.3 Å². The highest BCUT2D eigenvalue weighted by atomic mass is 19.1. The maximum Gasteiger partial charge on any atom is 0.317 e. The molecule has 0 bridgehead atoms. The Kier molecular flexibility index (Phi) is 4.85. The number of halogens is 1. The lowest BCUT2D eigenvalue weighted by molar-refractivity contribution is -0.122. The summed E-state index contributed by atoms with van der Waals surface area (Å²) in [5, 5.41) is 2.68. The van der Waals surface area contributed by atoms with Crippen molar-refractivity contribution < 1.29 is 13.9 Å². The molecule has 0 aromatic heterocycles. The summed E-state index contributed by atoms with van der Waals surface area (Å²) < 4.78 is 19.5. The molecule has 1 aromatic carbocycles. The van der Waals surface area contributed by atoms with E-state index in [2.05, 4.69) is 5.32 Å². The molecule has 23 heavy (non-hydrogen) atoms. The first-order valence-electron chi connectivity index (χ1n) is 8.45. The number of rotatable bonds is 2. The van der Waals surface area contributed by atoms with Crippen molar-refractivity contribution in [2.75, 3.05) is 26.7 Å². The van der Waals surface area contributed by atoms with Gasteiger partial charge in [-0.15, -0.1) is 0 Å². The number of nitrogens with one attached hydrogen (secondary N) is 1. The van der Waals surface area contributed by atoms with Gasteiger partial charge >= 0.3 is 6.03 Å². The van der Waals surface area contributed by atoms with E-state index in [0.717, 1.165) is 57.4 Å². The summed E-state index contributed by atoms with van der Waals surface area (Å²) in [6, 6.07) is 6.90. The fraction of sp³-hybridized carbons (Fsp3) is 0.611. The number of carbonyl (C=O) groups excluding carboxylic acids is 1. The molecule has 1 aromatic rings. The standard InChI is InChI=1S/C18H25FN2O2/c1-20-17(22)21-8-6-18(7-9-21)13-15(5-10-23-18)11-14-3-2-4-16(19)12-14/h2-4,12,15H,5-11,13H2,1H3,(H,20,22).